The zero-order chi connectivity index (χ0) is 14.7. The average molecular weight is 284 g/mol. The van der Waals surface area contributed by atoms with E-state index in [4.69, 9.17) is 5.11 Å². The summed E-state index contributed by atoms with van der Waals surface area (Å²) in [6, 6.07) is -0.864. The van der Waals surface area contributed by atoms with Crippen LogP contribution in [-0.4, -0.2) is 77.6 Å². The van der Waals surface area contributed by atoms with E-state index in [2.05, 4.69) is 10.6 Å². The van der Waals surface area contributed by atoms with E-state index in [1.807, 2.05) is 4.90 Å². The molecule has 0 bridgehead atoms. The van der Waals surface area contributed by atoms with Crippen LogP contribution in [0, 0.1) is 0 Å². The SMILES string of the molecule is CC(C(=O)O)N1CCN(C(=O)NC2CNC(=O)C2)CC1. The molecule has 2 aliphatic heterocycles. The van der Waals surface area contributed by atoms with E-state index in [9.17, 15) is 14.4 Å². The minimum atomic E-state index is -0.849. The van der Waals surface area contributed by atoms with Gasteiger partial charge in [0.2, 0.25) is 5.91 Å². The first-order valence-corrected chi connectivity index (χ1v) is 6.76. The Morgan fingerprint density at radius 2 is 2.00 bits per heavy atom. The number of rotatable bonds is 3. The second-order valence-electron chi connectivity index (χ2n) is 5.19. The molecule has 2 aliphatic rings. The topological polar surface area (TPSA) is 102 Å². The Kier molecular flexibility index (Phi) is 4.43. The van der Waals surface area contributed by atoms with Gasteiger partial charge in [0, 0.05) is 39.1 Å². The highest BCUT2D eigenvalue weighted by Crippen LogP contribution is 2.08. The van der Waals surface area contributed by atoms with Crippen LogP contribution in [0.15, 0.2) is 0 Å². The van der Waals surface area contributed by atoms with Gasteiger partial charge < -0.3 is 20.6 Å². The van der Waals surface area contributed by atoms with Gasteiger partial charge >= 0.3 is 12.0 Å². The molecule has 8 heteroatoms. The maximum Gasteiger partial charge on any atom is 0.320 e. The summed E-state index contributed by atoms with van der Waals surface area (Å²) in [5.74, 6) is -0.895. The van der Waals surface area contributed by atoms with Gasteiger partial charge in [-0.2, -0.15) is 0 Å². The first-order chi connectivity index (χ1) is 9.47. The maximum atomic E-state index is 12.0. The summed E-state index contributed by atoms with van der Waals surface area (Å²) >= 11 is 0. The van der Waals surface area contributed by atoms with Gasteiger partial charge in [-0.3, -0.25) is 14.5 Å². The van der Waals surface area contributed by atoms with E-state index in [1.54, 1.807) is 11.8 Å². The number of hydrogen-bond acceptors (Lipinski definition) is 4. The molecule has 20 heavy (non-hydrogen) atoms. The molecule has 2 atom stereocenters. The third-order valence-electron chi connectivity index (χ3n) is 3.81. The van der Waals surface area contributed by atoms with Crippen molar-refractivity contribution in [3.8, 4) is 0 Å². The van der Waals surface area contributed by atoms with Gasteiger partial charge in [-0.15, -0.1) is 0 Å². The molecule has 2 rings (SSSR count). The number of carboxylic acid groups (broad SMARTS) is 1. The largest absolute Gasteiger partial charge is 0.480 e. The number of carbonyl (C=O) groups excluding carboxylic acids is 2. The van der Waals surface area contributed by atoms with Crippen molar-refractivity contribution in [2.45, 2.75) is 25.4 Å². The van der Waals surface area contributed by atoms with Gasteiger partial charge in [0.1, 0.15) is 6.04 Å². The smallest absolute Gasteiger partial charge is 0.320 e. The minimum Gasteiger partial charge on any atom is -0.480 e. The summed E-state index contributed by atoms with van der Waals surface area (Å²) in [7, 11) is 0. The van der Waals surface area contributed by atoms with Crippen molar-refractivity contribution in [1.82, 2.24) is 20.4 Å². The summed E-state index contributed by atoms with van der Waals surface area (Å²) < 4.78 is 0. The highest BCUT2D eigenvalue weighted by molar-refractivity contribution is 5.81. The van der Waals surface area contributed by atoms with Gasteiger partial charge in [-0.1, -0.05) is 0 Å². The second kappa shape index (κ2) is 6.08. The average Bonchev–Trinajstić information content (AvgIpc) is 2.83. The van der Waals surface area contributed by atoms with Crippen molar-refractivity contribution in [3.63, 3.8) is 0 Å². The highest BCUT2D eigenvalue weighted by atomic mass is 16.4. The maximum absolute atomic E-state index is 12.0. The Hall–Kier alpha value is -1.83. The molecule has 0 radical (unpaired) electrons. The van der Waals surface area contributed by atoms with Gasteiger partial charge in [0.15, 0.2) is 0 Å². The molecule has 2 saturated heterocycles. The van der Waals surface area contributed by atoms with Crippen LogP contribution in [-0.2, 0) is 9.59 Å². The van der Waals surface area contributed by atoms with E-state index in [-0.39, 0.29) is 18.0 Å². The minimum absolute atomic E-state index is 0.0459. The van der Waals surface area contributed by atoms with E-state index >= 15 is 0 Å². The number of aliphatic carboxylic acids is 1. The lowest BCUT2D eigenvalue weighted by Gasteiger charge is -2.36. The summed E-state index contributed by atoms with van der Waals surface area (Å²) in [5, 5.41) is 14.4. The Morgan fingerprint density at radius 1 is 1.35 bits per heavy atom. The third-order valence-corrected chi connectivity index (χ3v) is 3.81. The van der Waals surface area contributed by atoms with E-state index in [1.165, 1.54) is 0 Å². The molecular weight excluding hydrogens is 264 g/mol. The molecule has 112 valence electrons. The fourth-order valence-corrected chi connectivity index (χ4v) is 2.44. The lowest BCUT2D eigenvalue weighted by molar-refractivity contribution is -0.143. The Labute approximate surface area is 117 Å². The molecule has 2 unspecified atom stereocenters. The highest BCUT2D eigenvalue weighted by Gasteiger charge is 2.29. The normalized spacial score (nSPS) is 25.1. The quantitative estimate of drug-likeness (QED) is 0.596. The summed E-state index contributed by atoms with van der Waals surface area (Å²) in [4.78, 5) is 37.5. The van der Waals surface area contributed by atoms with Crippen LogP contribution in [0.4, 0.5) is 4.79 Å². The zero-order valence-electron chi connectivity index (χ0n) is 11.5. The van der Waals surface area contributed by atoms with Crippen LogP contribution in [0.2, 0.25) is 0 Å². The Bertz CT molecular complexity index is 406. The monoisotopic (exact) mass is 284 g/mol. The molecule has 3 amide bonds. The van der Waals surface area contributed by atoms with Crippen molar-refractivity contribution in [1.29, 1.82) is 0 Å². The van der Waals surface area contributed by atoms with Crippen LogP contribution >= 0.6 is 0 Å². The number of amides is 3. The van der Waals surface area contributed by atoms with Crippen LogP contribution in [0.3, 0.4) is 0 Å². The Balaban J connectivity index is 1.77. The van der Waals surface area contributed by atoms with Gasteiger partial charge in [-0.25, -0.2) is 4.79 Å². The van der Waals surface area contributed by atoms with Gasteiger partial charge in [0.05, 0.1) is 6.04 Å². The Morgan fingerprint density at radius 3 is 2.50 bits per heavy atom. The van der Waals surface area contributed by atoms with Gasteiger partial charge in [-0.05, 0) is 6.92 Å². The van der Waals surface area contributed by atoms with Crippen LogP contribution in [0.25, 0.3) is 0 Å². The summed E-state index contributed by atoms with van der Waals surface area (Å²) in [5.41, 5.74) is 0. The van der Waals surface area contributed by atoms with Crippen molar-refractivity contribution in [3.05, 3.63) is 0 Å². The third kappa shape index (κ3) is 3.38. The second-order valence-corrected chi connectivity index (χ2v) is 5.19. The molecule has 0 aromatic rings. The van der Waals surface area contributed by atoms with Crippen molar-refractivity contribution in [2.75, 3.05) is 32.7 Å². The standard InChI is InChI=1S/C12H20N4O4/c1-8(11(18)19)15-2-4-16(5-3-15)12(20)14-9-6-10(17)13-7-9/h8-9H,2-7H2,1H3,(H,13,17)(H,14,20)(H,18,19). The number of piperazine rings is 1. The van der Waals surface area contributed by atoms with Crippen LogP contribution in [0.1, 0.15) is 13.3 Å². The lowest BCUT2D eigenvalue weighted by atomic mass is 10.2. The summed E-state index contributed by atoms with van der Waals surface area (Å²) in [6.07, 6.45) is 0.321. The molecule has 8 nitrogen and oxygen atoms in total. The molecule has 0 aromatic carbocycles. The molecule has 2 heterocycles. The first-order valence-electron chi connectivity index (χ1n) is 6.76. The number of urea groups is 1. The predicted molar refractivity (Wildman–Crippen MR) is 70.2 cm³/mol. The molecule has 0 aliphatic carbocycles. The van der Waals surface area contributed by atoms with Crippen LogP contribution < -0.4 is 10.6 Å². The molecular formula is C12H20N4O4. The fraction of sp³-hybridized carbons (Fsp3) is 0.750. The number of nitrogens with one attached hydrogen (secondary N) is 2. The van der Waals surface area contributed by atoms with Crippen molar-refractivity contribution in [2.24, 2.45) is 0 Å². The van der Waals surface area contributed by atoms with Crippen molar-refractivity contribution < 1.29 is 19.5 Å². The molecule has 0 saturated carbocycles. The van der Waals surface area contributed by atoms with Crippen LogP contribution in [0.5, 0.6) is 0 Å². The number of nitrogens with zero attached hydrogens (tertiary/aromatic N) is 2. The van der Waals surface area contributed by atoms with E-state index in [0.29, 0.717) is 39.1 Å². The molecule has 0 spiro atoms. The van der Waals surface area contributed by atoms with Gasteiger partial charge in [0.25, 0.3) is 0 Å². The number of carbonyl (C=O) groups is 3. The number of carboxylic acids is 1. The number of hydrogen-bond donors (Lipinski definition) is 3. The van der Waals surface area contributed by atoms with E-state index in [0.717, 1.165) is 0 Å². The zero-order valence-corrected chi connectivity index (χ0v) is 11.5. The van der Waals surface area contributed by atoms with Crippen molar-refractivity contribution >= 4 is 17.9 Å². The molecule has 3 N–H and O–H groups in total. The summed E-state index contributed by atoms with van der Waals surface area (Å²) in [6.45, 7) is 4.20. The molecule has 0 aromatic heterocycles. The lowest BCUT2D eigenvalue weighted by Crippen LogP contribution is -2.56. The first kappa shape index (κ1) is 14.6. The predicted octanol–water partition coefficient (Wildman–Crippen LogP) is -1.32. The fourth-order valence-electron chi connectivity index (χ4n) is 2.44. The molecule has 2 fully saturated rings. The van der Waals surface area contributed by atoms with E-state index < -0.39 is 12.0 Å².